The van der Waals surface area contributed by atoms with E-state index >= 15 is 0 Å². The summed E-state index contributed by atoms with van der Waals surface area (Å²) in [5, 5.41) is 10.2. The second kappa shape index (κ2) is 5.96. The maximum atomic E-state index is 8.95. The number of nitriles is 1. The monoisotopic (exact) mass is 330 g/mol. The number of fused-ring (bicyclic) bond motifs is 1. The highest BCUT2D eigenvalue weighted by molar-refractivity contribution is 8.01. The van der Waals surface area contributed by atoms with Crippen LogP contribution >= 0.6 is 11.8 Å². The van der Waals surface area contributed by atoms with Crippen molar-refractivity contribution in [3.8, 4) is 17.2 Å². The third kappa shape index (κ3) is 2.79. The zero-order chi connectivity index (χ0) is 16.6. The zero-order valence-corrected chi connectivity index (χ0v) is 14.4. The predicted octanol–water partition coefficient (Wildman–Crippen LogP) is 5.81. The third-order valence-corrected chi connectivity index (χ3v) is 6.29. The van der Waals surface area contributed by atoms with Crippen LogP contribution in [0.3, 0.4) is 0 Å². The Morgan fingerprint density at radius 1 is 1.04 bits per heavy atom. The van der Waals surface area contributed by atoms with Gasteiger partial charge >= 0.3 is 0 Å². The van der Waals surface area contributed by atoms with E-state index in [1.165, 1.54) is 35.1 Å². The lowest BCUT2D eigenvalue weighted by atomic mass is 9.86. The van der Waals surface area contributed by atoms with Crippen LogP contribution in [0.5, 0.6) is 0 Å². The van der Waals surface area contributed by atoms with Gasteiger partial charge in [-0.05, 0) is 54.3 Å². The first-order valence-corrected chi connectivity index (χ1v) is 9.07. The molecule has 0 saturated heterocycles. The summed E-state index contributed by atoms with van der Waals surface area (Å²) in [5.41, 5.74) is 4.03. The van der Waals surface area contributed by atoms with Gasteiger partial charge in [-0.15, -0.1) is 11.8 Å². The van der Waals surface area contributed by atoms with Crippen molar-refractivity contribution in [2.24, 2.45) is 0 Å². The number of nitrogens with zero attached hydrogens (tertiary/aromatic N) is 2. The lowest BCUT2D eigenvalue weighted by Gasteiger charge is -2.37. The van der Waals surface area contributed by atoms with Crippen LogP contribution in [0, 0.1) is 11.3 Å². The average Bonchev–Trinajstić information content (AvgIpc) is 2.60. The van der Waals surface area contributed by atoms with Crippen molar-refractivity contribution in [3.05, 3.63) is 60.3 Å². The van der Waals surface area contributed by atoms with Crippen molar-refractivity contribution in [2.45, 2.75) is 35.8 Å². The van der Waals surface area contributed by atoms with Gasteiger partial charge in [0.25, 0.3) is 0 Å². The molecule has 0 unspecified atom stereocenters. The van der Waals surface area contributed by atoms with Crippen LogP contribution < -0.4 is 0 Å². The summed E-state index contributed by atoms with van der Waals surface area (Å²) in [6.45, 7) is 2.36. The molecule has 24 heavy (non-hydrogen) atoms. The summed E-state index contributed by atoms with van der Waals surface area (Å²) < 4.78 is 0.374. The first-order valence-electron chi connectivity index (χ1n) is 8.25. The van der Waals surface area contributed by atoms with Gasteiger partial charge in [0, 0.05) is 21.2 Å². The molecule has 118 valence electrons. The number of rotatable bonds is 3. The molecule has 2 nitrogen and oxygen atoms in total. The maximum Gasteiger partial charge on any atom is 0.0991 e. The van der Waals surface area contributed by atoms with Gasteiger partial charge in [-0.1, -0.05) is 31.5 Å². The Morgan fingerprint density at radius 2 is 1.79 bits per heavy atom. The molecule has 1 fully saturated rings. The molecule has 1 aromatic heterocycles. The van der Waals surface area contributed by atoms with Crippen molar-refractivity contribution >= 4 is 22.7 Å². The maximum absolute atomic E-state index is 8.95. The van der Waals surface area contributed by atoms with Gasteiger partial charge in [0.2, 0.25) is 0 Å². The Hall–Kier alpha value is -2.31. The van der Waals surface area contributed by atoms with E-state index in [-0.39, 0.29) is 0 Å². The molecule has 1 heterocycles. The van der Waals surface area contributed by atoms with E-state index < -0.39 is 0 Å². The van der Waals surface area contributed by atoms with Crippen LogP contribution in [0.2, 0.25) is 0 Å². The summed E-state index contributed by atoms with van der Waals surface area (Å²) in [7, 11) is 0. The molecule has 0 radical (unpaired) electrons. The Labute approximate surface area is 146 Å². The molecular weight excluding hydrogens is 312 g/mol. The largest absolute Gasteiger partial charge is 0.256 e. The van der Waals surface area contributed by atoms with Crippen molar-refractivity contribution in [3.63, 3.8) is 0 Å². The number of pyridine rings is 1. The summed E-state index contributed by atoms with van der Waals surface area (Å²) in [4.78, 5) is 5.84. The minimum absolute atomic E-state index is 0.374. The van der Waals surface area contributed by atoms with Crippen molar-refractivity contribution in [2.75, 3.05) is 0 Å². The van der Waals surface area contributed by atoms with Crippen molar-refractivity contribution in [1.82, 2.24) is 4.98 Å². The summed E-state index contributed by atoms with van der Waals surface area (Å²) in [5.74, 6) is 0. The van der Waals surface area contributed by atoms with E-state index in [9.17, 15) is 0 Å². The molecule has 1 aliphatic rings. The summed E-state index contributed by atoms with van der Waals surface area (Å²) >= 11 is 1.99. The Morgan fingerprint density at radius 3 is 2.46 bits per heavy atom. The number of aromatic nitrogens is 1. The van der Waals surface area contributed by atoms with Gasteiger partial charge in [-0.2, -0.15) is 5.26 Å². The van der Waals surface area contributed by atoms with Gasteiger partial charge in [0.1, 0.15) is 0 Å². The molecule has 2 aromatic carbocycles. The molecule has 0 N–H and O–H groups in total. The highest BCUT2D eigenvalue weighted by Gasteiger charge is 2.33. The Balaban J connectivity index is 1.76. The van der Waals surface area contributed by atoms with E-state index in [4.69, 9.17) is 5.26 Å². The minimum atomic E-state index is 0.374. The second-order valence-corrected chi connectivity index (χ2v) is 8.27. The van der Waals surface area contributed by atoms with Crippen LogP contribution in [-0.2, 0) is 0 Å². The first-order chi connectivity index (χ1) is 11.7. The molecule has 0 aliphatic heterocycles. The molecule has 3 heteroatoms. The quantitative estimate of drug-likeness (QED) is 0.608. The standard InChI is InChI=1S/C21H18N2S/c1-21(10-2-11-21)24-20-9-12-23-19-8-7-17(13-18(19)20)16-5-3-15(14-22)4-6-16/h3-9,12-13H,2,10-11H2,1H3. The van der Waals surface area contributed by atoms with Gasteiger partial charge in [0.15, 0.2) is 0 Å². The fraction of sp³-hybridized carbons (Fsp3) is 0.238. The van der Waals surface area contributed by atoms with E-state index in [1.807, 2.05) is 42.2 Å². The van der Waals surface area contributed by atoms with Gasteiger partial charge in [-0.3, -0.25) is 4.98 Å². The summed E-state index contributed by atoms with van der Waals surface area (Å²) in [6.07, 6.45) is 5.82. The molecule has 1 aliphatic carbocycles. The fourth-order valence-electron chi connectivity index (χ4n) is 3.17. The van der Waals surface area contributed by atoms with E-state index in [0.29, 0.717) is 10.3 Å². The number of thioether (sulfide) groups is 1. The molecule has 0 atom stereocenters. The molecule has 0 spiro atoms. The van der Waals surface area contributed by atoms with E-state index in [2.05, 4.69) is 42.2 Å². The predicted molar refractivity (Wildman–Crippen MR) is 100 cm³/mol. The van der Waals surface area contributed by atoms with Gasteiger partial charge in [-0.25, -0.2) is 0 Å². The average molecular weight is 330 g/mol. The Bertz CT molecular complexity index is 934. The first kappa shape index (κ1) is 15.2. The highest BCUT2D eigenvalue weighted by atomic mass is 32.2. The number of hydrogen-bond acceptors (Lipinski definition) is 3. The van der Waals surface area contributed by atoms with Crippen molar-refractivity contribution < 1.29 is 0 Å². The van der Waals surface area contributed by atoms with Gasteiger partial charge in [0.05, 0.1) is 17.1 Å². The van der Waals surface area contributed by atoms with Gasteiger partial charge < -0.3 is 0 Å². The number of hydrogen-bond donors (Lipinski definition) is 0. The zero-order valence-electron chi connectivity index (χ0n) is 13.6. The highest BCUT2D eigenvalue weighted by Crippen LogP contribution is 2.48. The molecule has 4 rings (SSSR count). The normalized spacial score (nSPS) is 15.7. The second-order valence-electron chi connectivity index (χ2n) is 6.64. The lowest BCUT2D eigenvalue weighted by Crippen LogP contribution is -2.28. The molecule has 0 amide bonds. The minimum Gasteiger partial charge on any atom is -0.256 e. The summed E-state index contributed by atoms with van der Waals surface area (Å²) in [6, 6.07) is 18.5. The van der Waals surface area contributed by atoms with Crippen LogP contribution in [0.25, 0.3) is 22.0 Å². The Kier molecular flexibility index (Phi) is 3.78. The van der Waals surface area contributed by atoms with Crippen LogP contribution in [0.4, 0.5) is 0 Å². The molecule has 1 saturated carbocycles. The topological polar surface area (TPSA) is 36.7 Å². The van der Waals surface area contributed by atoms with Crippen LogP contribution in [0.1, 0.15) is 31.7 Å². The molecule has 3 aromatic rings. The third-order valence-electron chi connectivity index (χ3n) is 4.82. The van der Waals surface area contributed by atoms with Crippen LogP contribution in [-0.4, -0.2) is 9.73 Å². The SMILES string of the molecule is CC1(Sc2ccnc3ccc(-c4ccc(C#N)cc4)cc23)CCC1. The van der Waals surface area contributed by atoms with Crippen LogP contribution in [0.15, 0.2) is 59.6 Å². The van der Waals surface area contributed by atoms with E-state index in [1.54, 1.807) is 0 Å². The van der Waals surface area contributed by atoms with E-state index in [0.717, 1.165) is 11.1 Å². The fourth-order valence-corrected chi connectivity index (χ4v) is 4.60. The number of benzene rings is 2. The van der Waals surface area contributed by atoms with Crippen molar-refractivity contribution in [1.29, 1.82) is 5.26 Å². The molecular formula is C21H18N2S. The molecule has 0 bridgehead atoms. The lowest BCUT2D eigenvalue weighted by molar-refractivity contribution is 0.392. The smallest absolute Gasteiger partial charge is 0.0991 e.